The van der Waals surface area contributed by atoms with Crippen LogP contribution in [0.3, 0.4) is 0 Å². The predicted molar refractivity (Wildman–Crippen MR) is 59.0 cm³/mol. The van der Waals surface area contributed by atoms with Gasteiger partial charge in [-0.2, -0.15) is 0 Å². The van der Waals surface area contributed by atoms with E-state index in [1.165, 1.54) is 13.8 Å². The third kappa shape index (κ3) is 2.35. The summed E-state index contributed by atoms with van der Waals surface area (Å²) in [6, 6.07) is -1.78. The number of benzene rings is 1. The Morgan fingerprint density at radius 2 is 1.35 bits per heavy atom. The second kappa shape index (κ2) is 5.35. The summed E-state index contributed by atoms with van der Waals surface area (Å²) in [4.78, 5) is 11.5. The normalized spacial score (nSPS) is 13.2. The summed E-state index contributed by atoms with van der Waals surface area (Å²) in [5.41, 5.74) is 2.56. The van der Waals surface area contributed by atoms with Crippen LogP contribution < -0.4 is 5.73 Å². The minimum Gasteiger partial charge on any atom is -0.469 e. The number of esters is 1. The van der Waals surface area contributed by atoms with Crippen molar-refractivity contribution < 1.29 is 31.5 Å². The lowest BCUT2D eigenvalue weighted by Gasteiger charge is -2.29. The highest BCUT2D eigenvalue weighted by Crippen LogP contribution is 2.37. The lowest BCUT2D eigenvalue weighted by atomic mass is 9.80. The number of carbonyl (C=O) groups excluding carboxylic acids is 1. The number of hydrogen-bond acceptors (Lipinski definition) is 3. The number of nitrogens with two attached hydrogens (primary N) is 1. The second-order valence-corrected chi connectivity index (χ2v) is 4.67. The molecule has 0 radical (unpaired) electrons. The van der Waals surface area contributed by atoms with Gasteiger partial charge in [-0.3, -0.25) is 4.79 Å². The molecule has 3 nitrogen and oxygen atoms in total. The van der Waals surface area contributed by atoms with E-state index in [1.54, 1.807) is 0 Å². The van der Waals surface area contributed by atoms with Crippen molar-refractivity contribution in [3.05, 3.63) is 34.6 Å². The fourth-order valence-corrected chi connectivity index (χ4v) is 1.65. The van der Waals surface area contributed by atoms with E-state index in [2.05, 4.69) is 4.74 Å². The van der Waals surface area contributed by atoms with Crippen LogP contribution in [0, 0.1) is 34.5 Å². The third-order valence-corrected chi connectivity index (χ3v) is 3.04. The van der Waals surface area contributed by atoms with Crippen LogP contribution in [0.1, 0.15) is 25.5 Å². The summed E-state index contributed by atoms with van der Waals surface area (Å²) >= 11 is 0. The van der Waals surface area contributed by atoms with Crippen LogP contribution in [0.2, 0.25) is 0 Å². The molecule has 0 aliphatic rings. The van der Waals surface area contributed by atoms with Crippen molar-refractivity contribution in [1.82, 2.24) is 0 Å². The average Bonchev–Trinajstić information content (AvgIpc) is 2.41. The Kier molecular flexibility index (Phi) is 4.38. The van der Waals surface area contributed by atoms with E-state index in [-0.39, 0.29) is 0 Å². The summed E-state index contributed by atoms with van der Waals surface area (Å²) in [6.45, 7) is 2.34. The van der Waals surface area contributed by atoms with Gasteiger partial charge in [0.05, 0.1) is 18.6 Å². The van der Waals surface area contributed by atoms with Crippen molar-refractivity contribution in [3.8, 4) is 0 Å². The summed E-state index contributed by atoms with van der Waals surface area (Å²) in [7, 11) is 1.01. The van der Waals surface area contributed by atoms with Gasteiger partial charge in [0, 0.05) is 5.56 Å². The molecule has 0 aliphatic carbocycles. The Bertz CT molecular complexity index is 530. The fraction of sp³-hybridized carbons (Fsp3) is 0.417. The first kappa shape index (κ1) is 16.4. The molecule has 112 valence electrons. The standard InChI is InChI=1S/C12H12F5NO2/c1-12(2,11(19)20-3)10(18)4-5(13)7(15)9(17)8(16)6(4)14/h10H,18H2,1-3H3/t10-/m1/s1. The summed E-state index contributed by atoms with van der Waals surface area (Å²) in [5.74, 6) is -11.6. The molecule has 0 aromatic heterocycles. The highest BCUT2D eigenvalue weighted by Gasteiger charge is 2.41. The topological polar surface area (TPSA) is 52.3 Å². The molecule has 0 saturated heterocycles. The third-order valence-electron chi connectivity index (χ3n) is 3.04. The van der Waals surface area contributed by atoms with E-state index in [0.29, 0.717) is 0 Å². The van der Waals surface area contributed by atoms with Crippen LogP contribution in [0.4, 0.5) is 22.0 Å². The van der Waals surface area contributed by atoms with Crippen LogP contribution in [-0.4, -0.2) is 13.1 Å². The van der Waals surface area contributed by atoms with Gasteiger partial charge in [-0.25, -0.2) is 22.0 Å². The number of carbonyl (C=O) groups is 1. The lowest BCUT2D eigenvalue weighted by molar-refractivity contribution is -0.152. The highest BCUT2D eigenvalue weighted by atomic mass is 19.2. The zero-order chi connectivity index (χ0) is 15.8. The van der Waals surface area contributed by atoms with Gasteiger partial charge in [0.2, 0.25) is 5.82 Å². The van der Waals surface area contributed by atoms with E-state index in [4.69, 9.17) is 5.73 Å². The van der Waals surface area contributed by atoms with Crippen molar-refractivity contribution in [2.75, 3.05) is 7.11 Å². The molecule has 8 heteroatoms. The fourth-order valence-electron chi connectivity index (χ4n) is 1.65. The number of methoxy groups -OCH3 is 1. The molecule has 0 bridgehead atoms. The summed E-state index contributed by atoms with van der Waals surface area (Å²) < 4.78 is 70.7. The predicted octanol–water partition coefficient (Wildman–Crippen LogP) is 2.58. The quantitative estimate of drug-likeness (QED) is 0.404. The molecule has 1 aromatic rings. The molecular weight excluding hydrogens is 285 g/mol. The van der Waals surface area contributed by atoms with E-state index in [0.717, 1.165) is 7.11 Å². The summed E-state index contributed by atoms with van der Waals surface area (Å²) in [6.07, 6.45) is 0. The van der Waals surface area contributed by atoms with Crippen molar-refractivity contribution in [3.63, 3.8) is 0 Å². The molecule has 2 N–H and O–H groups in total. The van der Waals surface area contributed by atoms with Gasteiger partial charge in [0.25, 0.3) is 0 Å². The maximum atomic E-state index is 13.6. The van der Waals surface area contributed by atoms with Crippen LogP contribution in [0.5, 0.6) is 0 Å². The zero-order valence-corrected chi connectivity index (χ0v) is 10.9. The Morgan fingerprint density at radius 3 is 1.70 bits per heavy atom. The van der Waals surface area contributed by atoms with Gasteiger partial charge >= 0.3 is 5.97 Å². The smallest absolute Gasteiger partial charge is 0.313 e. The summed E-state index contributed by atoms with van der Waals surface area (Å²) in [5, 5.41) is 0. The molecule has 20 heavy (non-hydrogen) atoms. The number of rotatable bonds is 3. The Balaban J connectivity index is 3.52. The maximum Gasteiger partial charge on any atom is 0.313 e. The first-order valence-electron chi connectivity index (χ1n) is 5.42. The Labute approximate surface area is 111 Å². The largest absolute Gasteiger partial charge is 0.469 e. The molecule has 0 unspecified atom stereocenters. The Morgan fingerprint density at radius 1 is 1.00 bits per heavy atom. The monoisotopic (exact) mass is 297 g/mol. The van der Waals surface area contributed by atoms with Crippen LogP contribution in [0.15, 0.2) is 0 Å². The van der Waals surface area contributed by atoms with Crippen molar-refractivity contribution in [1.29, 1.82) is 0 Å². The Hall–Kier alpha value is -1.70. The van der Waals surface area contributed by atoms with Gasteiger partial charge < -0.3 is 10.5 Å². The van der Waals surface area contributed by atoms with E-state index >= 15 is 0 Å². The molecule has 0 saturated carbocycles. The molecule has 0 spiro atoms. The number of halogens is 5. The molecular formula is C12H12F5NO2. The van der Waals surface area contributed by atoms with Gasteiger partial charge in [-0.15, -0.1) is 0 Å². The highest BCUT2D eigenvalue weighted by molar-refractivity contribution is 5.77. The molecule has 1 rings (SSSR count). The van der Waals surface area contributed by atoms with Gasteiger partial charge in [0.15, 0.2) is 23.3 Å². The molecule has 0 amide bonds. The molecule has 1 atom stereocenters. The second-order valence-electron chi connectivity index (χ2n) is 4.67. The van der Waals surface area contributed by atoms with Gasteiger partial charge in [-0.1, -0.05) is 0 Å². The SMILES string of the molecule is COC(=O)C(C)(C)[C@H](N)c1c(F)c(F)c(F)c(F)c1F. The molecule has 0 fully saturated rings. The lowest BCUT2D eigenvalue weighted by Crippen LogP contribution is -2.39. The molecule has 0 heterocycles. The first-order chi connectivity index (χ1) is 9.07. The van der Waals surface area contributed by atoms with E-state index in [1.807, 2.05) is 0 Å². The van der Waals surface area contributed by atoms with E-state index in [9.17, 15) is 26.7 Å². The molecule has 0 aliphatic heterocycles. The first-order valence-corrected chi connectivity index (χ1v) is 5.42. The van der Waals surface area contributed by atoms with Crippen molar-refractivity contribution >= 4 is 5.97 Å². The van der Waals surface area contributed by atoms with Crippen LogP contribution >= 0.6 is 0 Å². The van der Waals surface area contributed by atoms with Gasteiger partial charge in [0.1, 0.15) is 0 Å². The number of hydrogen-bond donors (Lipinski definition) is 1. The van der Waals surface area contributed by atoms with Crippen LogP contribution in [0.25, 0.3) is 0 Å². The van der Waals surface area contributed by atoms with E-state index < -0.39 is 52.1 Å². The van der Waals surface area contributed by atoms with Gasteiger partial charge in [-0.05, 0) is 13.8 Å². The number of ether oxygens (including phenoxy) is 1. The maximum absolute atomic E-state index is 13.6. The van der Waals surface area contributed by atoms with Crippen LogP contribution in [-0.2, 0) is 9.53 Å². The minimum atomic E-state index is -2.29. The average molecular weight is 297 g/mol. The van der Waals surface area contributed by atoms with Crippen molar-refractivity contribution in [2.24, 2.45) is 11.1 Å². The van der Waals surface area contributed by atoms with Crippen molar-refractivity contribution in [2.45, 2.75) is 19.9 Å². The minimum absolute atomic E-state index is 0.950. The molecule has 1 aromatic carbocycles. The zero-order valence-electron chi connectivity index (χ0n) is 10.9.